The average Bonchev–Trinajstić information content (AvgIpc) is 2.28. The van der Waals surface area contributed by atoms with Gasteiger partial charge in [-0.15, -0.1) is 0 Å². The Morgan fingerprint density at radius 3 is 1.76 bits per heavy atom. The van der Waals surface area contributed by atoms with E-state index in [2.05, 4.69) is 13.5 Å². The molecule has 17 heavy (non-hydrogen) atoms. The van der Waals surface area contributed by atoms with Crippen molar-refractivity contribution in [2.75, 3.05) is 0 Å². The quantitative estimate of drug-likeness (QED) is 0.481. The maximum absolute atomic E-state index is 10.1. The van der Waals surface area contributed by atoms with Gasteiger partial charge in [0.05, 0.1) is 0 Å². The van der Waals surface area contributed by atoms with Crippen LogP contribution in [0.2, 0.25) is 0 Å². The molecular weight excluding hydrogens is 220 g/mol. The molecule has 100 valence electrons. The summed E-state index contributed by atoms with van der Waals surface area (Å²) < 4.78 is 0. The molecular formula is C13H24O4. The van der Waals surface area contributed by atoms with E-state index in [0.29, 0.717) is 6.42 Å². The van der Waals surface area contributed by atoms with Crippen molar-refractivity contribution in [1.29, 1.82) is 0 Å². The summed E-state index contributed by atoms with van der Waals surface area (Å²) in [4.78, 5) is 19.4. The van der Waals surface area contributed by atoms with E-state index in [9.17, 15) is 9.59 Å². The minimum atomic E-state index is -0.981. The van der Waals surface area contributed by atoms with E-state index in [1.807, 2.05) is 0 Å². The summed E-state index contributed by atoms with van der Waals surface area (Å²) in [5.74, 6) is -1.64. The van der Waals surface area contributed by atoms with E-state index in [0.717, 1.165) is 18.9 Å². The molecule has 4 heteroatoms. The topological polar surface area (TPSA) is 74.6 Å². The number of carboxylic acid groups (broad SMARTS) is 2. The molecule has 0 aliphatic carbocycles. The Hall–Kier alpha value is -1.32. The number of carbonyl (C=O) groups is 2. The van der Waals surface area contributed by atoms with Gasteiger partial charge in [-0.25, -0.2) is 4.79 Å². The number of hydrogen-bond donors (Lipinski definition) is 2. The molecule has 0 heterocycles. The van der Waals surface area contributed by atoms with Crippen molar-refractivity contribution in [3.8, 4) is 0 Å². The fraction of sp³-hybridized carbons (Fsp3) is 0.692. The van der Waals surface area contributed by atoms with Crippen LogP contribution >= 0.6 is 0 Å². The number of aliphatic carboxylic acids is 2. The normalized spacial score (nSPS) is 9.00. The monoisotopic (exact) mass is 244 g/mol. The molecule has 4 nitrogen and oxygen atoms in total. The van der Waals surface area contributed by atoms with Crippen LogP contribution in [0.3, 0.4) is 0 Å². The fourth-order valence-corrected chi connectivity index (χ4v) is 1.23. The van der Waals surface area contributed by atoms with Gasteiger partial charge < -0.3 is 10.2 Å². The van der Waals surface area contributed by atoms with Gasteiger partial charge in [0.2, 0.25) is 0 Å². The average molecular weight is 244 g/mol. The molecule has 0 saturated carbocycles. The smallest absolute Gasteiger partial charge is 0.327 e. The first kappa shape index (κ1) is 18.1. The largest absolute Gasteiger partial charge is 0.481 e. The Morgan fingerprint density at radius 2 is 1.41 bits per heavy atom. The first-order chi connectivity index (χ1) is 8.04. The van der Waals surface area contributed by atoms with Crippen LogP contribution < -0.4 is 0 Å². The summed E-state index contributed by atoms with van der Waals surface area (Å²) in [5, 5.41) is 16.0. The van der Waals surface area contributed by atoms with Gasteiger partial charge in [-0.05, 0) is 6.42 Å². The van der Waals surface area contributed by atoms with Crippen molar-refractivity contribution in [2.45, 2.75) is 58.3 Å². The SMILES string of the molecule is C=CC(=O)O.CCCCCCCCCC(=O)O. The number of rotatable bonds is 9. The molecule has 0 aromatic carbocycles. The summed E-state index contributed by atoms with van der Waals surface area (Å²) in [7, 11) is 0. The first-order valence-electron chi connectivity index (χ1n) is 6.11. The van der Waals surface area contributed by atoms with E-state index >= 15 is 0 Å². The molecule has 2 N–H and O–H groups in total. The van der Waals surface area contributed by atoms with Gasteiger partial charge in [-0.2, -0.15) is 0 Å². The zero-order valence-corrected chi connectivity index (χ0v) is 10.7. The fourth-order valence-electron chi connectivity index (χ4n) is 1.23. The molecule has 0 aromatic rings. The molecule has 0 amide bonds. The number of hydrogen-bond acceptors (Lipinski definition) is 2. The van der Waals surface area contributed by atoms with Crippen LogP contribution in [0.25, 0.3) is 0 Å². The molecule has 0 fully saturated rings. The maximum atomic E-state index is 10.1. The molecule has 0 radical (unpaired) electrons. The minimum Gasteiger partial charge on any atom is -0.481 e. The Morgan fingerprint density at radius 1 is 1.00 bits per heavy atom. The molecule has 0 bridgehead atoms. The lowest BCUT2D eigenvalue weighted by Gasteiger charge is -1.98. The molecule has 0 atom stereocenters. The van der Waals surface area contributed by atoms with Gasteiger partial charge in [0.1, 0.15) is 0 Å². The summed E-state index contributed by atoms with van der Waals surface area (Å²) in [6, 6.07) is 0. The van der Waals surface area contributed by atoms with Gasteiger partial charge in [-0.1, -0.05) is 52.0 Å². The van der Waals surface area contributed by atoms with Crippen molar-refractivity contribution in [3.63, 3.8) is 0 Å². The highest BCUT2D eigenvalue weighted by molar-refractivity contribution is 5.78. The zero-order chi connectivity index (χ0) is 13.5. The zero-order valence-electron chi connectivity index (χ0n) is 10.7. The standard InChI is InChI=1S/C10H20O2.C3H4O2/c1-2-3-4-5-6-7-8-9-10(11)12;1-2-3(4)5/h2-9H2,1H3,(H,11,12);2H,1H2,(H,4,5). The second kappa shape index (κ2) is 14.7. The number of carboxylic acids is 2. The molecule has 0 unspecified atom stereocenters. The van der Waals surface area contributed by atoms with Gasteiger partial charge in [-0.3, -0.25) is 4.79 Å². The van der Waals surface area contributed by atoms with Crippen LogP contribution in [-0.2, 0) is 9.59 Å². The third kappa shape index (κ3) is 25.2. The third-order valence-corrected chi connectivity index (χ3v) is 2.17. The minimum absolute atomic E-state index is 0.341. The first-order valence-corrected chi connectivity index (χ1v) is 6.11. The Balaban J connectivity index is 0. The maximum Gasteiger partial charge on any atom is 0.327 e. The van der Waals surface area contributed by atoms with E-state index in [4.69, 9.17) is 10.2 Å². The Labute approximate surface area is 103 Å². The van der Waals surface area contributed by atoms with Crippen LogP contribution in [-0.4, -0.2) is 22.2 Å². The predicted molar refractivity (Wildman–Crippen MR) is 68.1 cm³/mol. The highest BCUT2D eigenvalue weighted by atomic mass is 16.4. The predicted octanol–water partition coefficient (Wildman–Crippen LogP) is 3.47. The van der Waals surface area contributed by atoms with E-state index < -0.39 is 11.9 Å². The van der Waals surface area contributed by atoms with Crippen molar-refractivity contribution >= 4 is 11.9 Å². The summed E-state index contributed by atoms with van der Waals surface area (Å²) in [6.45, 7) is 5.16. The Kier molecular flexibility index (Phi) is 15.6. The molecule has 0 saturated heterocycles. The lowest BCUT2D eigenvalue weighted by molar-refractivity contribution is -0.137. The van der Waals surface area contributed by atoms with Crippen LogP contribution in [0.1, 0.15) is 58.3 Å². The van der Waals surface area contributed by atoms with E-state index in [1.165, 1.54) is 32.1 Å². The molecule has 0 aliphatic heterocycles. The van der Waals surface area contributed by atoms with Crippen LogP contribution in [0, 0.1) is 0 Å². The molecule has 0 aliphatic rings. The van der Waals surface area contributed by atoms with Crippen molar-refractivity contribution in [3.05, 3.63) is 12.7 Å². The van der Waals surface area contributed by atoms with E-state index in [-0.39, 0.29) is 0 Å². The highest BCUT2D eigenvalue weighted by Gasteiger charge is 1.95. The summed E-state index contributed by atoms with van der Waals surface area (Å²) >= 11 is 0. The van der Waals surface area contributed by atoms with Crippen LogP contribution in [0.5, 0.6) is 0 Å². The summed E-state index contributed by atoms with van der Waals surface area (Å²) in [6.07, 6.45) is 9.48. The molecule has 0 rings (SSSR count). The van der Waals surface area contributed by atoms with Crippen LogP contribution in [0.4, 0.5) is 0 Å². The van der Waals surface area contributed by atoms with Gasteiger partial charge in [0.15, 0.2) is 0 Å². The summed E-state index contributed by atoms with van der Waals surface area (Å²) in [5.41, 5.74) is 0. The third-order valence-electron chi connectivity index (χ3n) is 2.17. The number of unbranched alkanes of at least 4 members (excludes halogenated alkanes) is 6. The Bertz CT molecular complexity index is 211. The molecule has 0 spiro atoms. The van der Waals surface area contributed by atoms with Crippen molar-refractivity contribution in [1.82, 2.24) is 0 Å². The molecule has 0 aromatic heterocycles. The van der Waals surface area contributed by atoms with E-state index in [1.54, 1.807) is 0 Å². The van der Waals surface area contributed by atoms with Gasteiger partial charge >= 0.3 is 11.9 Å². The van der Waals surface area contributed by atoms with Crippen LogP contribution in [0.15, 0.2) is 12.7 Å². The van der Waals surface area contributed by atoms with Gasteiger partial charge in [0, 0.05) is 12.5 Å². The van der Waals surface area contributed by atoms with Crippen molar-refractivity contribution in [2.24, 2.45) is 0 Å². The van der Waals surface area contributed by atoms with Gasteiger partial charge in [0.25, 0.3) is 0 Å². The lowest BCUT2D eigenvalue weighted by atomic mass is 10.1. The van der Waals surface area contributed by atoms with Crippen molar-refractivity contribution < 1.29 is 19.8 Å². The lowest BCUT2D eigenvalue weighted by Crippen LogP contribution is -1.93. The second-order valence-corrected chi connectivity index (χ2v) is 3.81. The second-order valence-electron chi connectivity index (χ2n) is 3.81. The highest BCUT2D eigenvalue weighted by Crippen LogP contribution is 2.07.